The number of amides is 1. The van der Waals surface area contributed by atoms with Crippen LogP contribution in [0.2, 0.25) is 0 Å². The molecular weight excluding hydrogens is 417 g/mol. The Labute approximate surface area is 166 Å². The zero-order valence-electron chi connectivity index (χ0n) is 15.7. The number of alkyl carbamates (subject to hydrolysis) is 1. The number of methoxy groups -OCH3 is 1. The Balaban J connectivity index is 2.17. The fourth-order valence-electron chi connectivity index (χ4n) is 2.27. The summed E-state index contributed by atoms with van der Waals surface area (Å²) in [7, 11) is 1.58. The average molecular weight is 440 g/mol. The number of nitrogens with one attached hydrogen (secondary N) is 1. The summed E-state index contributed by atoms with van der Waals surface area (Å²) in [5.74, 6) is 0.636. The third-order valence-electron chi connectivity index (χ3n) is 3.51. The first-order valence-corrected chi connectivity index (χ1v) is 9.18. The zero-order valence-corrected chi connectivity index (χ0v) is 17.3. The third kappa shape index (κ3) is 6.75. The van der Waals surface area contributed by atoms with Gasteiger partial charge >= 0.3 is 6.09 Å². The maximum absolute atomic E-state index is 13.5. The molecule has 27 heavy (non-hydrogen) atoms. The number of carbonyl (C=O) groups is 1. The van der Waals surface area contributed by atoms with Crippen molar-refractivity contribution in [1.82, 2.24) is 5.32 Å². The highest BCUT2D eigenvalue weighted by molar-refractivity contribution is 9.10. The van der Waals surface area contributed by atoms with Crippen molar-refractivity contribution < 1.29 is 23.4 Å². The standard InChI is InChI=1S/C20H23BrFNO4/c1-20(2,3)27-19(24)23-17(13-5-8-15(25-4)9-6-13)12-26-18-11-14(22)7-10-16(18)21/h5-11,17H,12H2,1-4H3,(H,23,24). The number of rotatable bonds is 6. The fourth-order valence-corrected chi connectivity index (χ4v) is 2.63. The second-order valence-corrected chi connectivity index (χ2v) is 7.71. The maximum Gasteiger partial charge on any atom is 0.408 e. The lowest BCUT2D eigenvalue weighted by Crippen LogP contribution is -2.37. The lowest BCUT2D eigenvalue weighted by Gasteiger charge is -2.24. The first-order valence-electron chi connectivity index (χ1n) is 8.39. The highest BCUT2D eigenvalue weighted by atomic mass is 79.9. The first kappa shape index (κ1) is 21.0. The van der Waals surface area contributed by atoms with Crippen molar-refractivity contribution in [3.63, 3.8) is 0 Å². The van der Waals surface area contributed by atoms with Gasteiger partial charge in [-0.15, -0.1) is 0 Å². The van der Waals surface area contributed by atoms with Gasteiger partial charge < -0.3 is 19.5 Å². The van der Waals surface area contributed by atoms with Gasteiger partial charge in [0.25, 0.3) is 0 Å². The molecule has 146 valence electrons. The largest absolute Gasteiger partial charge is 0.497 e. The normalized spacial score (nSPS) is 12.2. The van der Waals surface area contributed by atoms with Crippen LogP contribution in [-0.4, -0.2) is 25.4 Å². The Kier molecular flexibility index (Phi) is 7.07. The smallest absolute Gasteiger partial charge is 0.408 e. The van der Waals surface area contributed by atoms with Crippen molar-refractivity contribution in [3.8, 4) is 11.5 Å². The second kappa shape index (κ2) is 9.08. The molecule has 2 aromatic rings. The van der Waals surface area contributed by atoms with Gasteiger partial charge in [0, 0.05) is 6.07 Å². The summed E-state index contributed by atoms with van der Waals surface area (Å²) in [6, 6.07) is 10.9. The predicted molar refractivity (Wildman–Crippen MR) is 105 cm³/mol. The van der Waals surface area contributed by atoms with E-state index >= 15 is 0 Å². The molecule has 5 nitrogen and oxygen atoms in total. The molecule has 7 heteroatoms. The molecule has 0 bridgehead atoms. The van der Waals surface area contributed by atoms with Gasteiger partial charge in [-0.2, -0.15) is 0 Å². The van der Waals surface area contributed by atoms with Crippen molar-refractivity contribution in [2.75, 3.05) is 13.7 Å². The molecule has 1 amide bonds. The van der Waals surface area contributed by atoms with E-state index in [0.29, 0.717) is 16.0 Å². The maximum atomic E-state index is 13.5. The Morgan fingerprint density at radius 3 is 2.44 bits per heavy atom. The van der Waals surface area contributed by atoms with Crippen LogP contribution in [0.1, 0.15) is 32.4 Å². The van der Waals surface area contributed by atoms with Crippen molar-refractivity contribution in [2.24, 2.45) is 0 Å². The van der Waals surface area contributed by atoms with Crippen LogP contribution in [0.3, 0.4) is 0 Å². The molecule has 0 fully saturated rings. The van der Waals surface area contributed by atoms with Gasteiger partial charge in [-0.25, -0.2) is 9.18 Å². The predicted octanol–water partition coefficient (Wildman–Crippen LogP) is 5.24. The Hall–Kier alpha value is -2.28. The van der Waals surface area contributed by atoms with Gasteiger partial charge in [-0.3, -0.25) is 0 Å². The Morgan fingerprint density at radius 2 is 1.85 bits per heavy atom. The van der Waals surface area contributed by atoms with Crippen LogP contribution in [0, 0.1) is 5.82 Å². The number of hydrogen-bond donors (Lipinski definition) is 1. The van der Waals surface area contributed by atoms with Crippen molar-refractivity contribution in [2.45, 2.75) is 32.4 Å². The minimum atomic E-state index is -0.624. The number of carbonyl (C=O) groups excluding carboxylic acids is 1. The van der Waals surface area contributed by atoms with Crippen LogP contribution in [0.4, 0.5) is 9.18 Å². The van der Waals surface area contributed by atoms with Gasteiger partial charge in [-0.1, -0.05) is 12.1 Å². The molecule has 0 aromatic heterocycles. The highest BCUT2D eigenvalue weighted by Gasteiger charge is 2.21. The third-order valence-corrected chi connectivity index (χ3v) is 4.16. The van der Waals surface area contributed by atoms with E-state index in [9.17, 15) is 9.18 Å². The van der Waals surface area contributed by atoms with E-state index in [4.69, 9.17) is 14.2 Å². The topological polar surface area (TPSA) is 56.8 Å². The van der Waals surface area contributed by atoms with Crippen molar-refractivity contribution >= 4 is 22.0 Å². The molecule has 0 radical (unpaired) electrons. The first-order chi connectivity index (χ1) is 12.7. The van der Waals surface area contributed by atoms with Gasteiger partial charge in [0.05, 0.1) is 17.6 Å². The average Bonchev–Trinajstić information content (AvgIpc) is 2.60. The molecule has 0 aliphatic heterocycles. The molecule has 0 saturated carbocycles. The highest BCUT2D eigenvalue weighted by Crippen LogP contribution is 2.27. The van der Waals surface area contributed by atoms with E-state index in [-0.39, 0.29) is 6.61 Å². The summed E-state index contributed by atoms with van der Waals surface area (Å²) in [5.41, 5.74) is 0.176. The zero-order chi connectivity index (χ0) is 20.0. The molecule has 0 aliphatic carbocycles. The van der Waals surface area contributed by atoms with Crippen LogP contribution in [0.5, 0.6) is 11.5 Å². The number of ether oxygens (including phenoxy) is 3. The SMILES string of the molecule is COc1ccc(C(COc2cc(F)ccc2Br)NC(=O)OC(C)(C)C)cc1. The molecule has 0 aliphatic rings. The molecule has 0 spiro atoms. The molecule has 1 N–H and O–H groups in total. The van der Waals surface area contributed by atoms with Crippen molar-refractivity contribution in [1.29, 1.82) is 0 Å². The lowest BCUT2D eigenvalue weighted by molar-refractivity contribution is 0.0486. The lowest BCUT2D eigenvalue weighted by atomic mass is 10.1. The van der Waals surface area contributed by atoms with Gasteiger partial charge in [0.2, 0.25) is 0 Å². The molecule has 2 aromatic carbocycles. The number of halogens is 2. The van der Waals surface area contributed by atoms with Gasteiger partial charge in [0.15, 0.2) is 0 Å². The van der Waals surface area contributed by atoms with E-state index < -0.39 is 23.6 Å². The second-order valence-electron chi connectivity index (χ2n) is 6.86. The summed E-state index contributed by atoms with van der Waals surface area (Å²) in [4.78, 5) is 12.2. The number of hydrogen-bond acceptors (Lipinski definition) is 4. The molecule has 2 rings (SSSR count). The minimum absolute atomic E-state index is 0.0909. The molecule has 0 heterocycles. The van der Waals surface area contributed by atoms with Gasteiger partial charge in [0.1, 0.15) is 29.5 Å². The summed E-state index contributed by atoms with van der Waals surface area (Å²) in [6.07, 6.45) is -0.565. The summed E-state index contributed by atoms with van der Waals surface area (Å²) in [6.45, 7) is 5.45. The molecule has 1 unspecified atom stereocenters. The van der Waals surface area contributed by atoms with E-state index in [1.807, 2.05) is 12.1 Å². The summed E-state index contributed by atoms with van der Waals surface area (Å²) >= 11 is 3.33. The van der Waals surface area contributed by atoms with Crippen LogP contribution in [0.25, 0.3) is 0 Å². The minimum Gasteiger partial charge on any atom is -0.497 e. The summed E-state index contributed by atoms with van der Waals surface area (Å²) in [5, 5.41) is 2.80. The van der Waals surface area contributed by atoms with Crippen LogP contribution in [-0.2, 0) is 4.74 Å². The van der Waals surface area contributed by atoms with Crippen LogP contribution >= 0.6 is 15.9 Å². The molecule has 1 atom stereocenters. The van der Waals surface area contributed by atoms with E-state index in [0.717, 1.165) is 5.56 Å². The Bertz CT molecular complexity index is 775. The van der Waals surface area contributed by atoms with Crippen LogP contribution < -0.4 is 14.8 Å². The van der Waals surface area contributed by atoms with E-state index in [1.54, 1.807) is 46.1 Å². The monoisotopic (exact) mass is 439 g/mol. The van der Waals surface area contributed by atoms with Crippen molar-refractivity contribution in [3.05, 3.63) is 58.3 Å². The number of benzene rings is 2. The Morgan fingerprint density at radius 1 is 1.19 bits per heavy atom. The summed E-state index contributed by atoms with van der Waals surface area (Å²) < 4.78 is 30.3. The molecular formula is C20H23BrFNO4. The fraction of sp³-hybridized carbons (Fsp3) is 0.350. The van der Waals surface area contributed by atoms with E-state index in [2.05, 4.69) is 21.2 Å². The van der Waals surface area contributed by atoms with Crippen LogP contribution in [0.15, 0.2) is 46.9 Å². The van der Waals surface area contributed by atoms with E-state index in [1.165, 1.54) is 12.1 Å². The van der Waals surface area contributed by atoms with Gasteiger partial charge in [-0.05, 0) is 66.5 Å². The molecule has 0 saturated heterocycles. The quantitative estimate of drug-likeness (QED) is 0.668.